The molecule has 0 amide bonds. The normalized spacial score (nSPS) is 11.7. The van der Waals surface area contributed by atoms with Crippen LogP contribution in [0.4, 0.5) is 4.39 Å². The summed E-state index contributed by atoms with van der Waals surface area (Å²) in [4.78, 5) is 0. The lowest BCUT2D eigenvalue weighted by Crippen LogP contribution is -2.35. The van der Waals surface area contributed by atoms with E-state index < -0.39 is 0 Å². The first-order valence-electron chi connectivity index (χ1n) is 7.67. The van der Waals surface area contributed by atoms with Gasteiger partial charge >= 0.3 is 0 Å². The molecule has 0 heterocycles. The second-order valence-electron chi connectivity index (χ2n) is 6.15. The molecule has 120 valence electrons. The van der Waals surface area contributed by atoms with Crippen LogP contribution in [-0.4, -0.2) is 25.4 Å². The lowest BCUT2D eigenvalue weighted by atomic mass is 10.1. The van der Waals surface area contributed by atoms with E-state index in [1.165, 1.54) is 6.07 Å². The average molecular weight is 297 g/mol. The molecule has 1 aromatic carbocycles. The summed E-state index contributed by atoms with van der Waals surface area (Å²) in [6.07, 6.45) is 2.15. The molecule has 0 aliphatic carbocycles. The van der Waals surface area contributed by atoms with Gasteiger partial charge in [-0.15, -0.1) is 0 Å². The van der Waals surface area contributed by atoms with Gasteiger partial charge in [-0.25, -0.2) is 4.39 Å². The van der Waals surface area contributed by atoms with Crippen molar-refractivity contribution in [2.45, 2.75) is 52.6 Å². The van der Waals surface area contributed by atoms with Gasteiger partial charge in [0.25, 0.3) is 0 Å². The van der Waals surface area contributed by atoms with Gasteiger partial charge in [0.2, 0.25) is 0 Å². The standard InChI is InChI=1S/C17H28FNO2/c1-5-6-10-20-11-12-21-16-14(8-7-9-15(16)18)13-19-17(2,3)4/h7-9,19H,5-6,10-13H2,1-4H3. The number of unbranched alkanes of at least 4 members (excludes halogenated alkanes) is 1. The summed E-state index contributed by atoms with van der Waals surface area (Å²) in [5, 5.41) is 3.35. The lowest BCUT2D eigenvalue weighted by Gasteiger charge is -2.21. The number of benzene rings is 1. The molecule has 0 saturated heterocycles. The van der Waals surface area contributed by atoms with Gasteiger partial charge in [0.05, 0.1) is 6.61 Å². The predicted octanol–water partition coefficient (Wildman–Crippen LogP) is 3.91. The largest absolute Gasteiger partial charge is 0.488 e. The number of rotatable bonds is 9. The Morgan fingerprint density at radius 1 is 1.14 bits per heavy atom. The molecule has 0 spiro atoms. The summed E-state index contributed by atoms with van der Waals surface area (Å²) >= 11 is 0. The van der Waals surface area contributed by atoms with E-state index in [1.54, 1.807) is 6.07 Å². The topological polar surface area (TPSA) is 30.5 Å². The molecule has 0 atom stereocenters. The highest BCUT2D eigenvalue weighted by Gasteiger charge is 2.13. The highest BCUT2D eigenvalue weighted by atomic mass is 19.1. The number of nitrogens with one attached hydrogen (secondary N) is 1. The van der Waals surface area contributed by atoms with Gasteiger partial charge < -0.3 is 14.8 Å². The maximum atomic E-state index is 13.9. The van der Waals surface area contributed by atoms with Crippen molar-refractivity contribution in [1.29, 1.82) is 0 Å². The van der Waals surface area contributed by atoms with Gasteiger partial charge in [-0.2, -0.15) is 0 Å². The molecule has 0 aromatic heterocycles. The van der Waals surface area contributed by atoms with Crippen LogP contribution in [0.5, 0.6) is 5.75 Å². The maximum Gasteiger partial charge on any atom is 0.165 e. The number of hydrogen-bond donors (Lipinski definition) is 1. The minimum Gasteiger partial charge on any atom is -0.488 e. The van der Waals surface area contributed by atoms with E-state index in [0.29, 0.717) is 25.5 Å². The van der Waals surface area contributed by atoms with E-state index in [9.17, 15) is 4.39 Å². The Morgan fingerprint density at radius 2 is 1.90 bits per heavy atom. The maximum absolute atomic E-state index is 13.9. The Hall–Kier alpha value is -1.13. The van der Waals surface area contributed by atoms with E-state index in [2.05, 4.69) is 33.0 Å². The van der Waals surface area contributed by atoms with Crippen molar-refractivity contribution >= 4 is 0 Å². The summed E-state index contributed by atoms with van der Waals surface area (Å²) in [5.41, 5.74) is 0.811. The van der Waals surface area contributed by atoms with Gasteiger partial charge in [-0.3, -0.25) is 0 Å². The highest BCUT2D eigenvalue weighted by Crippen LogP contribution is 2.23. The number of halogens is 1. The number of ether oxygens (including phenoxy) is 2. The highest BCUT2D eigenvalue weighted by molar-refractivity contribution is 5.35. The molecule has 4 heteroatoms. The fourth-order valence-corrected chi connectivity index (χ4v) is 1.77. The summed E-state index contributed by atoms with van der Waals surface area (Å²) in [5.74, 6) is 0.00473. The van der Waals surface area contributed by atoms with Crippen LogP contribution in [0, 0.1) is 5.82 Å². The average Bonchev–Trinajstić information content (AvgIpc) is 2.41. The minimum absolute atomic E-state index is 0.0210. The molecule has 0 aliphatic heterocycles. The summed E-state index contributed by atoms with van der Waals surface area (Å²) in [6.45, 7) is 10.5. The summed E-state index contributed by atoms with van der Waals surface area (Å²) < 4.78 is 24.9. The fourth-order valence-electron chi connectivity index (χ4n) is 1.77. The molecule has 0 radical (unpaired) electrons. The second-order valence-corrected chi connectivity index (χ2v) is 6.15. The van der Waals surface area contributed by atoms with Crippen molar-refractivity contribution in [2.24, 2.45) is 0 Å². The van der Waals surface area contributed by atoms with Gasteiger partial charge in [-0.05, 0) is 33.3 Å². The third-order valence-electron chi connectivity index (χ3n) is 2.97. The van der Waals surface area contributed by atoms with Gasteiger partial charge in [-0.1, -0.05) is 25.5 Å². The van der Waals surface area contributed by atoms with Crippen LogP contribution >= 0.6 is 0 Å². The molecule has 0 unspecified atom stereocenters. The van der Waals surface area contributed by atoms with Gasteiger partial charge in [0.1, 0.15) is 6.61 Å². The molecular weight excluding hydrogens is 269 g/mol. The fraction of sp³-hybridized carbons (Fsp3) is 0.647. The Balaban J connectivity index is 2.51. The van der Waals surface area contributed by atoms with Gasteiger partial charge in [0, 0.05) is 24.3 Å². The molecule has 1 rings (SSSR count). The van der Waals surface area contributed by atoms with Crippen LogP contribution in [0.15, 0.2) is 18.2 Å². The van der Waals surface area contributed by atoms with E-state index in [-0.39, 0.29) is 11.4 Å². The zero-order valence-electron chi connectivity index (χ0n) is 13.7. The molecule has 1 N–H and O–H groups in total. The van der Waals surface area contributed by atoms with Crippen LogP contribution in [0.3, 0.4) is 0 Å². The Labute approximate surface area is 127 Å². The molecular formula is C17H28FNO2. The molecule has 21 heavy (non-hydrogen) atoms. The van der Waals surface area contributed by atoms with E-state index in [1.807, 2.05) is 6.07 Å². The third-order valence-corrected chi connectivity index (χ3v) is 2.97. The van der Waals surface area contributed by atoms with Crippen LogP contribution in [0.1, 0.15) is 46.1 Å². The van der Waals surface area contributed by atoms with Crippen molar-refractivity contribution in [3.05, 3.63) is 29.6 Å². The molecule has 0 fully saturated rings. The van der Waals surface area contributed by atoms with E-state index in [0.717, 1.165) is 25.0 Å². The molecule has 1 aromatic rings. The summed E-state index contributed by atoms with van der Waals surface area (Å²) in [7, 11) is 0. The first kappa shape index (κ1) is 17.9. The summed E-state index contributed by atoms with van der Waals surface area (Å²) in [6, 6.07) is 5.02. The van der Waals surface area contributed by atoms with Crippen LogP contribution in [0.25, 0.3) is 0 Å². The molecule has 3 nitrogen and oxygen atoms in total. The first-order valence-corrected chi connectivity index (χ1v) is 7.67. The second kappa shape index (κ2) is 9.00. The number of para-hydroxylation sites is 1. The predicted molar refractivity (Wildman–Crippen MR) is 84.2 cm³/mol. The van der Waals surface area contributed by atoms with Crippen LogP contribution < -0.4 is 10.1 Å². The molecule has 0 bridgehead atoms. The van der Waals surface area contributed by atoms with Crippen molar-refractivity contribution in [1.82, 2.24) is 5.32 Å². The zero-order chi connectivity index (χ0) is 15.7. The SMILES string of the molecule is CCCCOCCOc1c(F)cccc1CNC(C)(C)C. The van der Waals surface area contributed by atoms with E-state index in [4.69, 9.17) is 9.47 Å². The van der Waals surface area contributed by atoms with Gasteiger partial charge in [0.15, 0.2) is 11.6 Å². The first-order chi connectivity index (χ1) is 9.94. The monoisotopic (exact) mass is 297 g/mol. The molecule has 0 aliphatic rings. The Kier molecular flexibility index (Phi) is 7.68. The van der Waals surface area contributed by atoms with Crippen molar-refractivity contribution < 1.29 is 13.9 Å². The third kappa shape index (κ3) is 7.44. The quantitative estimate of drug-likeness (QED) is 0.701. The smallest absolute Gasteiger partial charge is 0.165 e. The van der Waals surface area contributed by atoms with Crippen LogP contribution in [0.2, 0.25) is 0 Å². The lowest BCUT2D eigenvalue weighted by molar-refractivity contribution is 0.0962. The Bertz CT molecular complexity index is 416. The van der Waals surface area contributed by atoms with Crippen molar-refractivity contribution in [3.63, 3.8) is 0 Å². The van der Waals surface area contributed by atoms with Crippen molar-refractivity contribution in [2.75, 3.05) is 19.8 Å². The van der Waals surface area contributed by atoms with Crippen molar-refractivity contribution in [3.8, 4) is 5.75 Å². The zero-order valence-corrected chi connectivity index (χ0v) is 13.7. The minimum atomic E-state index is -0.322. The van der Waals surface area contributed by atoms with Crippen LogP contribution in [-0.2, 0) is 11.3 Å². The molecule has 0 saturated carbocycles. The Morgan fingerprint density at radius 3 is 2.57 bits per heavy atom. The number of hydrogen-bond acceptors (Lipinski definition) is 3. The van der Waals surface area contributed by atoms with E-state index >= 15 is 0 Å².